The topological polar surface area (TPSA) is 87.0 Å². The van der Waals surface area contributed by atoms with Gasteiger partial charge in [-0.2, -0.15) is 5.10 Å². The molecule has 0 aliphatic carbocycles. The van der Waals surface area contributed by atoms with Gasteiger partial charge in [-0.25, -0.2) is 0 Å². The molecular formula is C11H15N5OS. The third-order valence-electron chi connectivity index (χ3n) is 2.38. The minimum absolute atomic E-state index is 0.0751. The monoisotopic (exact) mass is 265 g/mol. The molecule has 2 heterocycles. The summed E-state index contributed by atoms with van der Waals surface area (Å²) in [4.78, 5) is 13.9. The van der Waals surface area contributed by atoms with Crippen LogP contribution in [0.1, 0.15) is 15.2 Å². The Morgan fingerprint density at radius 1 is 1.61 bits per heavy atom. The molecule has 0 radical (unpaired) electrons. The van der Waals surface area contributed by atoms with Crippen LogP contribution in [0.3, 0.4) is 0 Å². The molecule has 0 fully saturated rings. The van der Waals surface area contributed by atoms with Crippen molar-refractivity contribution in [3.8, 4) is 0 Å². The van der Waals surface area contributed by atoms with Gasteiger partial charge in [0.1, 0.15) is 4.88 Å². The van der Waals surface area contributed by atoms with Crippen molar-refractivity contribution < 1.29 is 4.79 Å². The van der Waals surface area contributed by atoms with E-state index in [1.54, 1.807) is 26.4 Å². The van der Waals surface area contributed by atoms with Crippen LogP contribution in [0.4, 0.5) is 10.7 Å². The average Bonchev–Trinajstić information content (AvgIpc) is 2.94. The van der Waals surface area contributed by atoms with E-state index < -0.39 is 0 Å². The molecule has 0 aliphatic rings. The molecule has 0 saturated carbocycles. The second kappa shape index (κ2) is 5.09. The highest BCUT2D eigenvalue weighted by molar-refractivity contribution is 7.18. The maximum Gasteiger partial charge on any atom is 0.265 e. The molecule has 96 valence electrons. The highest BCUT2D eigenvalue weighted by Gasteiger charge is 2.15. The fraction of sp³-hybridized carbons (Fsp3) is 0.273. The molecule has 0 saturated heterocycles. The maximum absolute atomic E-state index is 11.8. The number of thiophene rings is 1. The molecule has 0 aromatic carbocycles. The summed E-state index contributed by atoms with van der Waals surface area (Å²) in [5, 5.41) is 10.7. The van der Waals surface area contributed by atoms with Crippen molar-refractivity contribution in [3.63, 3.8) is 0 Å². The summed E-state index contributed by atoms with van der Waals surface area (Å²) in [5.74, 6) is -0.0751. The Balaban J connectivity index is 2.07. The van der Waals surface area contributed by atoms with Gasteiger partial charge in [0.2, 0.25) is 0 Å². The Hall–Kier alpha value is -2.02. The molecule has 1 amide bonds. The number of rotatable bonds is 4. The summed E-state index contributed by atoms with van der Waals surface area (Å²) in [7, 11) is 3.42. The third-order valence-corrected chi connectivity index (χ3v) is 3.48. The fourth-order valence-electron chi connectivity index (χ4n) is 1.43. The number of nitrogens with one attached hydrogen (secondary N) is 2. The second-order valence-corrected chi connectivity index (χ2v) is 5.11. The summed E-state index contributed by atoms with van der Waals surface area (Å²) in [6, 6.07) is 1.78. The van der Waals surface area contributed by atoms with E-state index in [4.69, 9.17) is 5.73 Å². The van der Waals surface area contributed by atoms with Gasteiger partial charge in [-0.05, 0) is 6.07 Å². The highest BCUT2D eigenvalue weighted by atomic mass is 32.1. The number of carbonyl (C=O) groups is 1. The quantitative estimate of drug-likeness (QED) is 0.779. The second-order valence-electron chi connectivity index (χ2n) is 4.05. The number of amides is 1. The minimum atomic E-state index is -0.0751. The van der Waals surface area contributed by atoms with Crippen LogP contribution in [-0.4, -0.2) is 35.1 Å². The number of hydrogen-bond donors (Lipinski definition) is 3. The van der Waals surface area contributed by atoms with Gasteiger partial charge in [0.15, 0.2) is 0 Å². The predicted octanol–water partition coefficient (Wildman–Crippen LogP) is 1.37. The van der Waals surface area contributed by atoms with E-state index in [1.165, 1.54) is 16.2 Å². The van der Waals surface area contributed by atoms with Crippen LogP contribution in [0.5, 0.6) is 0 Å². The van der Waals surface area contributed by atoms with Gasteiger partial charge in [0, 0.05) is 32.4 Å². The average molecular weight is 265 g/mol. The van der Waals surface area contributed by atoms with Crippen molar-refractivity contribution in [2.75, 3.05) is 25.1 Å². The highest BCUT2D eigenvalue weighted by Crippen LogP contribution is 2.30. The van der Waals surface area contributed by atoms with Gasteiger partial charge < -0.3 is 16.0 Å². The van der Waals surface area contributed by atoms with Gasteiger partial charge in [-0.1, -0.05) is 0 Å². The largest absolute Gasteiger partial charge is 0.397 e. The van der Waals surface area contributed by atoms with Crippen LogP contribution >= 0.6 is 11.3 Å². The Morgan fingerprint density at radius 2 is 2.39 bits per heavy atom. The van der Waals surface area contributed by atoms with Crippen LogP contribution in [0.2, 0.25) is 0 Å². The van der Waals surface area contributed by atoms with Crippen LogP contribution in [0, 0.1) is 0 Å². The number of nitrogens with two attached hydrogens (primary N) is 1. The van der Waals surface area contributed by atoms with Gasteiger partial charge in [-0.15, -0.1) is 11.3 Å². The molecule has 0 bridgehead atoms. The number of H-pyrrole nitrogens is 1. The number of aromatic amines is 1. The predicted molar refractivity (Wildman–Crippen MR) is 72.7 cm³/mol. The molecule has 4 N–H and O–H groups in total. The van der Waals surface area contributed by atoms with Gasteiger partial charge in [0.05, 0.1) is 16.9 Å². The van der Waals surface area contributed by atoms with E-state index in [-0.39, 0.29) is 5.91 Å². The number of aromatic nitrogens is 2. The summed E-state index contributed by atoms with van der Waals surface area (Å²) < 4.78 is 0. The van der Waals surface area contributed by atoms with E-state index in [9.17, 15) is 4.79 Å². The van der Waals surface area contributed by atoms with Crippen LogP contribution in [0.25, 0.3) is 0 Å². The molecule has 0 spiro atoms. The molecule has 0 aliphatic heterocycles. The first kappa shape index (κ1) is 12.4. The van der Waals surface area contributed by atoms with Crippen LogP contribution in [0.15, 0.2) is 18.5 Å². The van der Waals surface area contributed by atoms with Crippen LogP contribution in [-0.2, 0) is 6.54 Å². The van der Waals surface area contributed by atoms with Crippen molar-refractivity contribution in [1.29, 1.82) is 0 Å². The Bertz CT molecular complexity index is 532. The first-order valence-corrected chi connectivity index (χ1v) is 6.22. The van der Waals surface area contributed by atoms with E-state index in [0.29, 0.717) is 17.1 Å². The Morgan fingerprint density at radius 3 is 3.00 bits per heavy atom. The van der Waals surface area contributed by atoms with Crippen molar-refractivity contribution in [2.45, 2.75) is 6.54 Å². The lowest BCUT2D eigenvalue weighted by molar-refractivity contribution is 0.0833. The number of hydrogen-bond acceptors (Lipinski definition) is 5. The fourth-order valence-corrected chi connectivity index (χ4v) is 2.42. The number of carbonyl (C=O) groups excluding carboxylic acids is 1. The van der Waals surface area contributed by atoms with E-state index >= 15 is 0 Å². The van der Waals surface area contributed by atoms with Crippen LogP contribution < -0.4 is 11.1 Å². The number of anilines is 2. The van der Waals surface area contributed by atoms with E-state index in [0.717, 1.165) is 10.6 Å². The van der Waals surface area contributed by atoms with E-state index in [2.05, 4.69) is 15.5 Å². The maximum atomic E-state index is 11.8. The van der Waals surface area contributed by atoms with E-state index in [1.807, 2.05) is 6.20 Å². The van der Waals surface area contributed by atoms with Gasteiger partial charge in [0.25, 0.3) is 5.91 Å². The lowest BCUT2D eigenvalue weighted by Gasteiger charge is -2.08. The molecule has 7 heteroatoms. The van der Waals surface area contributed by atoms with Gasteiger partial charge >= 0.3 is 0 Å². The number of nitrogen functional groups attached to an aromatic ring is 1. The molecule has 2 rings (SSSR count). The molecular weight excluding hydrogens is 250 g/mol. The summed E-state index contributed by atoms with van der Waals surface area (Å²) in [6.07, 6.45) is 3.56. The normalized spacial score (nSPS) is 10.3. The Kier molecular flexibility index (Phi) is 3.52. The first-order chi connectivity index (χ1) is 8.58. The molecule has 2 aromatic rings. The third kappa shape index (κ3) is 2.62. The van der Waals surface area contributed by atoms with Crippen molar-refractivity contribution >= 4 is 27.9 Å². The SMILES string of the molecule is CN(C)C(=O)c1sc(NCc2cn[nH]c2)cc1N. The number of nitrogens with zero attached hydrogens (tertiary/aromatic N) is 2. The molecule has 0 atom stereocenters. The molecule has 0 unspecified atom stereocenters. The lowest BCUT2D eigenvalue weighted by Crippen LogP contribution is -2.21. The summed E-state index contributed by atoms with van der Waals surface area (Å²) in [6.45, 7) is 0.645. The van der Waals surface area contributed by atoms with Crippen molar-refractivity contribution in [2.24, 2.45) is 0 Å². The van der Waals surface area contributed by atoms with Crippen molar-refractivity contribution in [3.05, 3.63) is 28.9 Å². The standard InChI is InChI=1S/C11H15N5OS/c1-16(2)11(17)10-8(12)3-9(18-10)13-4-7-5-14-15-6-7/h3,5-6,13H,4,12H2,1-2H3,(H,14,15). The zero-order valence-corrected chi connectivity index (χ0v) is 11.0. The zero-order valence-electron chi connectivity index (χ0n) is 10.2. The lowest BCUT2D eigenvalue weighted by atomic mass is 10.3. The summed E-state index contributed by atoms with van der Waals surface area (Å²) in [5.41, 5.74) is 7.39. The molecule has 2 aromatic heterocycles. The smallest absolute Gasteiger partial charge is 0.265 e. The van der Waals surface area contributed by atoms with Crippen molar-refractivity contribution in [1.82, 2.24) is 15.1 Å². The first-order valence-electron chi connectivity index (χ1n) is 5.40. The molecule has 18 heavy (non-hydrogen) atoms. The Labute approximate surface area is 109 Å². The minimum Gasteiger partial charge on any atom is -0.397 e. The zero-order chi connectivity index (χ0) is 13.1. The summed E-state index contributed by atoms with van der Waals surface area (Å²) >= 11 is 1.36. The van der Waals surface area contributed by atoms with Gasteiger partial charge in [-0.3, -0.25) is 9.89 Å². The molecule has 6 nitrogen and oxygen atoms in total.